The molecule has 1 amide bonds. The lowest BCUT2D eigenvalue weighted by Gasteiger charge is -2.32. The normalized spacial score (nSPS) is 21.9. The number of carbonyl (C=O) groups excluding carboxylic acids is 1. The highest BCUT2D eigenvalue weighted by atomic mass is 16.2. The van der Waals surface area contributed by atoms with Crippen molar-refractivity contribution in [3.63, 3.8) is 0 Å². The second-order valence-electron chi connectivity index (χ2n) is 4.10. The predicted octanol–water partition coefficient (Wildman–Crippen LogP) is 0.690. The van der Waals surface area contributed by atoms with Crippen molar-refractivity contribution >= 4 is 5.91 Å². The molecule has 0 bridgehead atoms. The van der Waals surface area contributed by atoms with Crippen LogP contribution in [0.1, 0.15) is 27.7 Å². The van der Waals surface area contributed by atoms with Gasteiger partial charge < -0.3 is 15.5 Å². The summed E-state index contributed by atoms with van der Waals surface area (Å²) in [6.07, 6.45) is 2.03. The Morgan fingerprint density at radius 2 is 1.44 bits per heavy atom. The van der Waals surface area contributed by atoms with Crippen LogP contribution in [0.4, 0.5) is 0 Å². The highest BCUT2D eigenvalue weighted by molar-refractivity contribution is 5.79. The van der Waals surface area contributed by atoms with Gasteiger partial charge in [-0.2, -0.15) is 0 Å². The van der Waals surface area contributed by atoms with Gasteiger partial charge in [-0.15, -0.1) is 0 Å². The molecule has 0 radical (unpaired) electrons. The molecule has 96 valence electrons. The molecule has 2 rings (SSSR count). The van der Waals surface area contributed by atoms with Crippen molar-refractivity contribution in [1.29, 1.82) is 0 Å². The molecule has 0 atom stereocenters. The van der Waals surface area contributed by atoms with Crippen molar-refractivity contribution in [3.8, 4) is 0 Å². The van der Waals surface area contributed by atoms with Crippen LogP contribution in [-0.4, -0.2) is 50.1 Å². The fourth-order valence-corrected chi connectivity index (χ4v) is 2.21. The van der Waals surface area contributed by atoms with Crippen LogP contribution in [0.3, 0.4) is 0 Å². The number of piperazine rings is 1. The molecule has 2 aliphatic rings. The zero-order chi connectivity index (χ0) is 9.80. The quantitative estimate of drug-likeness (QED) is 0.695. The van der Waals surface area contributed by atoms with Gasteiger partial charge in [-0.05, 0) is 25.9 Å². The van der Waals surface area contributed by atoms with Crippen LogP contribution >= 0.6 is 0 Å². The Hall–Kier alpha value is -0.610. The second kappa shape index (κ2) is 7.63. The van der Waals surface area contributed by atoms with Gasteiger partial charge in [-0.25, -0.2) is 0 Å². The highest BCUT2D eigenvalue weighted by Crippen LogP contribution is 2.15. The lowest BCUT2D eigenvalue weighted by atomic mass is 9.96. The van der Waals surface area contributed by atoms with Gasteiger partial charge in [0.15, 0.2) is 0 Å². The molecule has 0 unspecified atom stereocenters. The topological polar surface area (TPSA) is 44.4 Å². The van der Waals surface area contributed by atoms with E-state index in [-0.39, 0.29) is 20.8 Å². The maximum Gasteiger partial charge on any atom is 0.225 e. The maximum atomic E-state index is 12.0. The van der Waals surface area contributed by atoms with Gasteiger partial charge in [-0.3, -0.25) is 4.79 Å². The molecular weight excluding hydrogens is 202 g/mol. The third-order valence-corrected chi connectivity index (χ3v) is 3.12. The maximum absolute atomic E-state index is 12.0. The first-order valence-electron chi connectivity index (χ1n) is 5.58. The zero-order valence-corrected chi connectivity index (χ0v) is 8.59. The van der Waals surface area contributed by atoms with Crippen LogP contribution in [0.5, 0.6) is 0 Å². The Bertz CT molecular complexity index is 176. The molecule has 0 aromatic rings. The number of piperidine rings is 1. The smallest absolute Gasteiger partial charge is 0.225 e. The summed E-state index contributed by atoms with van der Waals surface area (Å²) in [7, 11) is 0. The average Bonchev–Trinajstić information content (AvgIpc) is 2.30. The molecule has 2 heterocycles. The number of carbonyl (C=O) groups is 1. The number of hydrogen-bond donors (Lipinski definition) is 2. The van der Waals surface area contributed by atoms with E-state index >= 15 is 0 Å². The first-order valence-corrected chi connectivity index (χ1v) is 5.58. The number of hydrogen-bond acceptors (Lipinski definition) is 3. The molecule has 0 aromatic heterocycles. The van der Waals surface area contributed by atoms with E-state index in [9.17, 15) is 4.79 Å². The lowest BCUT2D eigenvalue weighted by molar-refractivity contribution is -0.136. The van der Waals surface area contributed by atoms with Crippen LogP contribution in [0, 0.1) is 5.92 Å². The third kappa shape index (κ3) is 3.76. The Labute approximate surface area is 99.8 Å². The van der Waals surface area contributed by atoms with Crippen molar-refractivity contribution in [1.82, 2.24) is 15.5 Å². The Kier molecular flexibility index (Phi) is 7.34. The van der Waals surface area contributed by atoms with Crippen molar-refractivity contribution in [2.24, 2.45) is 5.92 Å². The Balaban J connectivity index is 0.00000112. The van der Waals surface area contributed by atoms with Crippen molar-refractivity contribution in [2.45, 2.75) is 27.7 Å². The molecule has 2 fully saturated rings. The van der Waals surface area contributed by atoms with E-state index < -0.39 is 0 Å². The number of nitrogens with one attached hydrogen (secondary N) is 2. The summed E-state index contributed by atoms with van der Waals surface area (Å²) in [6, 6.07) is 0. The predicted molar refractivity (Wildman–Crippen MR) is 68.5 cm³/mol. The Morgan fingerprint density at radius 3 is 2.00 bits per heavy atom. The second-order valence-corrected chi connectivity index (χ2v) is 4.10. The van der Waals surface area contributed by atoms with Gasteiger partial charge in [0.25, 0.3) is 0 Å². The van der Waals surface area contributed by atoms with Crippen molar-refractivity contribution in [3.05, 3.63) is 0 Å². The van der Waals surface area contributed by atoms with E-state index in [1.54, 1.807) is 0 Å². The molecule has 0 spiro atoms. The minimum Gasteiger partial charge on any atom is -0.340 e. The molecule has 2 N–H and O–H groups in total. The van der Waals surface area contributed by atoms with E-state index in [0.717, 1.165) is 52.1 Å². The molecule has 0 aliphatic carbocycles. The van der Waals surface area contributed by atoms with Crippen LogP contribution < -0.4 is 10.6 Å². The minimum absolute atomic E-state index is 0. The summed E-state index contributed by atoms with van der Waals surface area (Å²) in [5.41, 5.74) is 0. The summed E-state index contributed by atoms with van der Waals surface area (Å²) in [4.78, 5) is 14.0. The molecule has 4 heteroatoms. The van der Waals surface area contributed by atoms with Crippen molar-refractivity contribution < 1.29 is 4.79 Å². The van der Waals surface area contributed by atoms with Gasteiger partial charge in [-0.1, -0.05) is 14.9 Å². The lowest BCUT2D eigenvalue weighted by Crippen LogP contribution is -2.49. The van der Waals surface area contributed by atoms with Crippen LogP contribution in [0.25, 0.3) is 0 Å². The molecule has 2 aliphatic heterocycles. The summed E-state index contributed by atoms with van der Waals surface area (Å²) < 4.78 is 0. The van der Waals surface area contributed by atoms with Crippen LogP contribution in [0.15, 0.2) is 0 Å². The molecular formula is C12H27N3O. The van der Waals surface area contributed by atoms with Crippen LogP contribution in [0.2, 0.25) is 0 Å². The third-order valence-electron chi connectivity index (χ3n) is 3.12. The average molecular weight is 229 g/mol. The van der Waals surface area contributed by atoms with Gasteiger partial charge in [0.1, 0.15) is 0 Å². The van der Waals surface area contributed by atoms with E-state index in [1.807, 2.05) is 4.90 Å². The number of amides is 1. The van der Waals surface area contributed by atoms with Gasteiger partial charge in [0.2, 0.25) is 5.91 Å². The van der Waals surface area contributed by atoms with E-state index in [0.29, 0.717) is 5.91 Å². The first kappa shape index (κ1) is 15.4. The largest absolute Gasteiger partial charge is 0.340 e. The summed E-state index contributed by atoms with van der Waals surface area (Å²) >= 11 is 0. The zero-order valence-electron chi connectivity index (χ0n) is 8.59. The number of rotatable bonds is 1. The standard InChI is InChI=1S/C10H19N3O.2CH4/c14-10(9-1-3-11-4-2-9)13-7-5-12-6-8-13;;/h9,11-12H,1-8H2;2*1H4. The fourth-order valence-electron chi connectivity index (χ4n) is 2.21. The molecule has 4 nitrogen and oxygen atoms in total. The molecule has 0 saturated carbocycles. The van der Waals surface area contributed by atoms with E-state index in [1.165, 1.54) is 0 Å². The van der Waals surface area contributed by atoms with E-state index in [4.69, 9.17) is 0 Å². The van der Waals surface area contributed by atoms with E-state index in [2.05, 4.69) is 10.6 Å². The molecule has 16 heavy (non-hydrogen) atoms. The SMILES string of the molecule is C.C.O=C(C1CCNCC1)N1CCNCC1. The monoisotopic (exact) mass is 229 g/mol. The van der Waals surface area contributed by atoms with Crippen LogP contribution in [-0.2, 0) is 4.79 Å². The van der Waals surface area contributed by atoms with Gasteiger partial charge >= 0.3 is 0 Å². The first-order chi connectivity index (χ1) is 6.88. The van der Waals surface area contributed by atoms with Crippen molar-refractivity contribution in [2.75, 3.05) is 39.3 Å². The summed E-state index contributed by atoms with van der Waals surface area (Å²) in [5.74, 6) is 0.669. The Morgan fingerprint density at radius 1 is 0.938 bits per heavy atom. The van der Waals surface area contributed by atoms with Gasteiger partial charge in [0, 0.05) is 32.1 Å². The van der Waals surface area contributed by atoms with Gasteiger partial charge in [0.05, 0.1) is 0 Å². The fraction of sp³-hybridized carbons (Fsp3) is 0.917. The molecule has 2 saturated heterocycles. The highest BCUT2D eigenvalue weighted by Gasteiger charge is 2.26. The minimum atomic E-state index is 0. The molecule has 0 aromatic carbocycles. The summed E-state index contributed by atoms with van der Waals surface area (Å²) in [6.45, 7) is 5.70. The number of nitrogens with zero attached hydrogens (tertiary/aromatic N) is 1. The summed E-state index contributed by atoms with van der Waals surface area (Å²) in [5, 5.41) is 6.56.